The molecule has 0 saturated carbocycles. The third-order valence-electron chi connectivity index (χ3n) is 3.86. The van der Waals surface area contributed by atoms with Crippen molar-refractivity contribution in [3.63, 3.8) is 0 Å². The van der Waals surface area contributed by atoms with Gasteiger partial charge in [-0.2, -0.15) is 10.4 Å². The van der Waals surface area contributed by atoms with Crippen LogP contribution in [-0.2, 0) is 4.74 Å². The average molecular weight is 389 g/mol. The highest BCUT2D eigenvalue weighted by Gasteiger charge is 2.29. The highest BCUT2D eigenvalue weighted by Crippen LogP contribution is 2.32. The summed E-state index contributed by atoms with van der Waals surface area (Å²) < 4.78 is 19.8. The van der Waals surface area contributed by atoms with Crippen LogP contribution in [0.4, 0.5) is 20.6 Å². The van der Waals surface area contributed by atoms with Gasteiger partial charge in [0.1, 0.15) is 17.5 Å². The second-order valence-electron chi connectivity index (χ2n) is 7.31. The zero-order chi connectivity index (χ0) is 20.9. The Hall–Kier alpha value is -3.35. The summed E-state index contributed by atoms with van der Waals surface area (Å²) in [5.41, 5.74) is 7.55. The zero-order valence-electron chi connectivity index (χ0n) is 16.0. The van der Waals surface area contributed by atoms with Gasteiger partial charge in [0.2, 0.25) is 5.71 Å². The van der Waals surface area contributed by atoms with E-state index in [1.165, 1.54) is 12.1 Å². The standard InChI is InChI=1S/C18H24FN7O2/c1-18(2,3)28-17(27)23-11-7-8-26(10-11)15-12(19)5-4-6-13(15)24-25-14(9-20)16(21)22/h4-6,11,24H,7-8,10H2,1-3H3,(H3,21,22)(H,23,27)/b25-14+. The first-order valence-corrected chi connectivity index (χ1v) is 8.72. The normalized spacial score (nSPS) is 17.0. The highest BCUT2D eigenvalue weighted by molar-refractivity contribution is 6.45. The fourth-order valence-electron chi connectivity index (χ4n) is 2.74. The molecule has 1 saturated heterocycles. The van der Waals surface area contributed by atoms with Crippen LogP contribution in [0, 0.1) is 22.6 Å². The average Bonchev–Trinajstić information content (AvgIpc) is 3.01. The summed E-state index contributed by atoms with van der Waals surface area (Å²) in [4.78, 5) is 13.7. The van der Waals surface area contributed by atoms with Crippen LogP contribution in [-0.4, -0.2) is 42.4 Å². The lowest BCUT2D eigenvalue weighted by Gasteiger charge is -2.24. The van der Waals surface area contributed by atoms with Crippen molar-refractivity contribution >= 4 is 29.0 Å². The maximum atomic E-state index is 14.5. The van der Waals surface area contributed by atoms with Crippen molar-refractivity contribution < 1.29 is 13.9 Å². The van der Waals surface area contributed by atoms with E-state index in [9.17, 15) is 9.18 Å². The molecule has 0 aromatic heterocycles. The Bertz CT molecular complexity index is 826. The molecule has 1 aliphatic heterocycles. The quantitative estimate of drug-likeness (QED) is 0.346. The van der Waals surface area contributed by atoms with E-state index < -0.39 is 23.3 Å². The summed E-state index contributed by atoms with van der Waals surface area (Å²) >= 11 is 0. The Balaban J connectivity index is 2.13. The monoisotopic (exact) mass is 389 g/mol. The number of carbonyl (C=O) groups excluding carboxylic acids is 1. The number of nitrogens with zero attached hydrogens (tertiary/aromatic N) is 3. The summed E-state index contributed by atoms with van der Waals surface area (Å²) in [5.74, 6) is -0.963. The van der Waals surface area contributed by atoms with Crippen LogP contribution < -0.4 is 21.4 Å². The fraction of sp³-hybridized carbons (Fsp3) is 0.444. The molecule has 0 aliphatic carbocycles. The fourth-order valence-corrected chi connectivity index (χ4v) is 2.74. The van der Waals surface area contributed by atoms with Gasteiger partial charge < -0.3 is 20.7 Å². The van der Waals surface area contributed by atoms with E-state index in [-0.39, 0.29) is 17.4 Å². The lowest BCUT2D eigenvalue weighted by atomic mass is 10.2. The van der Waals surface area contributed by atoms with Gasteiger partial charge >= 0.3 is 6.09 Å². The van der Waals surface area contributed by atoms with Gasteiger partial charge in [-0.3, -0.25) is 10.8 Å². The van der Waals surface area contributed by atoms with Gasteiger partial charge in [0.25, 0.3) is 0 Å². The number of carbonyl (C=O) groups is 1. The molecule has 1 aliphatic rings. The molecule has 10 heteroatoms. The molecule has 0 radical (unpaired) electrons. The minimum absolute atomic E-state index is 0.197. The molecule has 1 aromatic rings. The number of nitrogens with one attached hydrogen (secondary N) is 3. The second kappa shape index (κ2) is 8.56. The number of ether oxygens (including phenoxy) is 1. The third kappa shape index (κ3) is 5.57. The number of para-hydroxylation sites is 1. The number of nitriles is 1. The maximum absolute atomic E-state index is 14.5. The number of hydrogen-bond acceptors (Lipinski definition) is 7. The van der Waals surface area contributed by atoms with Gasteiger partial charge in [-0.05, 0) is 39.3 Å². The summed E-state index contributed by atoms with van der Waals surface area (Å²) in [6, 6.07) is 5.92. The molecule has 1 amide bonds. The first-order chi connectivity index (χ1) is 13.1. The van der Waals surface area contributed by atoms with Gasteiger partial charge in [-0.15, -0.1) is 0 Å². The summed E-state index contributed by atoms with van der Waals surface area (Å²) in [6.07, 6.45) is 0.101. The van der Waals surface area contributed by atoms with E-state index >= 15 is 0 Å². The summed E-state index contributed by atoms with van der Waals surface area (Å²) in [6.45, 7) is 6.24. The van der Waals surface area contributed by atoms with E-state index in [2.05, 4.69) is 15.8 Å². The van der Waals surface area contributed by atoms with E-state index in [4.69, 9.17) is 21.1 Å². The molecule has 2 rings (SSSR count). The number of hydrazone groups is 1. The number of amides is 1. The third-order valence-corrected chi connectivity index (χ3v) is 3.86. The number of nitrogens with two attached hydrogens (primary N) is 1. The first kappa shape index (κ1) is 21.0. The predicted octanol–water partition coefficient (Wildman–Crippen LogP) is 2.16. The molecular formula is C18H24FN7O2. The highest BCUT2D eigenvalue weighted by atomic mass is 19.1. The van der Waals surface area contributed by atoms with Crippen LogP contribution in [0.25, 0.3) is 0 Å². The largest absolute Gasteiger partial charge is 0.444 e. The minimum atomic E-state index is -0.599. The van der Waals surface area contributed by atoms with Crippen LogP contribution >= 0.6 is 0 Å². The van der Waals surface area contributed by atoms with Gasteiger partial charge in [0.15, 0.2) is 5.84 Å². The minimum Gasteiger partial charge on any atom is -0.444 e. The van der Waals surface area contributed by atoms with Crippen molar-refractivity contribution in [2.24, 2.45) is 10.8 Å². The first-order valence-electron chi connectivity index (χ1n) is 8.72. The van der Waals surface area contributed by atoms with Crippen LogP contribution in [0.5, 0.6) is 0 Å². The van der Waals surface area contributed by atoms with Crippen LogP contribution in [0.2, 0.25) is 0 Å². The van der Waals surface area contributed by atoms with E-state index in [1.807, 2.05) is 0 Å². The molecule has 28 heavy (non-hydrogen) atoms. The molecule has 1 atom stereocenters. The van der Waals surface area contributed by atoms with E-state index in [1.54, 1.807) is 37.8 Å². The number of hydrogen-bond donors (Lipinski definition) is 4. The van der Waals surface area contributed by atoms with Crippen LogP contribution in [0.15, 0.2) is 23.3 Å². The van der Waals surface area contributed by atoms with Gasteiger partial charge in [-0.1, -0.05) is 6.07 Å². The number of amidine groups is 1. The summed E-state index contributed by atoms with van der Waals surface area (Å²) in [5, 5.41) is 22.8. The van der Waals surface area contributed by atoms with Crippen molar-refractivity contribution in [2.75, 3.05) is 23.4 Å². The molecule has 1 unspecified atom stereocenters. The van der Waals surface area contributed by atoms with Crippen molar-refractivity contribution in [3.05, 3.63) is 24.0 Å². The molecule has 5 N–H and O–H groups in total. The molecule has 1 aromatic carbocycles. The molecule has 150 valence electrons. The SMILES string of the molecule is CC(C)(C)OC(=O)NC1CCN(c2c(F)cccc2N/N=C(\C#N)C(=N)N)C1. The molecule has 0 bridgehead atoms. The van der Waals surface area contributed by atoms with E-state index in [0.717, 1.165) is 0 Å². The predicted molar refractivity (Wildman–Crippen MR) is 105 cm³/mol. The van der Waals surface area contributed by atoms with E-state index in [0.29, 0.717) is 25.2 Å². The Kier molecular flexibility index (Phi) is 6.41. The van der Waals surface area contributed by atoms with Crippen molar-refractivity contribution in [1.82, 2.24) is 5.32 Å². The Morgan fingerprint density at radius 1 is 1.50 bits per heavy atom. The van der Waals surface area contributed by atoms with Gasteiger partial charge in [-0.25, -0.2) is 9.18 Å². The Labute approximate surface area is 162 Å². The molecule has 1 heterocycles. The lowest BCUT2D eigenvalue weighted by molar-refractivity contribution is 0.0509. The number of halogens is 1. The number of rotatable bonds is 5. The van der Waals surface area contributed by atoms with Crippen molar-refractivity contribution in [2.45, 2.75) is 38.8 Å². The molecular weight excluding hydrogens is 365 g/mol. The Morgan fingerprint density at radius 2 is 2.21 bits per heavy atom. The number of benzene rings is 1. The maximum Gasteiger partial charge on any atom is 0.407 e. The van der Waals surface area contributed by atoms with Crippen molar-refractivity contribution in [3.8, 4) is 6.07 Å². The van der Waals surface area contributed by atoms with Crippen molar-refractivity contribution in [1.29, 1.82) is 10.7 Å². The Morgan fingerprint density at radius 3 is 2.82 bits per heavy atom. The topological polar surface area (TPSA) is 140 Å². The molecule has 0 spiro atoms. The van der Waals surface area contributed by atoms with Crippen LogP contribution in [0.1, 0.15) is 27.2 Å². The number of alkyl carbamates (subject to hydrolysis) is 1. The summed E-state index contributed by atoms with van der Waals surface area (Å²) in [7, 11) is 0. The molecule has 9 nitrogen and oxygen atoms in total. The molecule has 1 fully saturated rings. The van der Waals surface area contributed by atoms with Crippen LogP contribution in [0.3, 0.4) is 0 Å². The zero-order valence-corrected chi connectivity index (χ0v) is 16.0. The van der Waals surface area contributed by atoms with Gasteiger partial charge in [0.05, 0.1) is 17.4 Å². The second-order valence-corrected chi connectivity index (χ2v) is 7.31. The van der Waals surface area contributed by atoms with Gasteiger partial charge in [0, 0.05) is 13.1 Å². The number of anilines is 2. The smallest absolute Gasteiger partial charge is 0.407 e. The lowest BCUT2D eigenvalue weighted by Crippen LogP contribution is -2.40.